The zero-order valence-electron chi connectivity index (χ0n) is 17.5. The van der Waals surface area contributed by atoms with Crippen molar-refractivity contribution in [3.05, 3.63) is 89.4 Å². The molecule has 1 aliphatic heterocycles. The molecule has 0 saturated carbocycles. The van der Waals surface area contributed by atoms with Crippen LogP contribution in [0.3, 0.4) is 0 Å². The van der Waals surface area contributed by atoms with Crippen molar-refractivity contribution in [2.75, 3.05) is 13.1 Å². The summed E-state index contributed by atoms with van der Waals surface area (Å²) >= 11 is 1.64. The van der Waals surface area contributed by atoms with E-state index in [-0.39, 0.29) is 24.4 Å². The Morgan fingerprint density at radius 3 is 2.44 bits per heavy atom. The molecular formula is C26H23N3O2S. The average Bonchev–Trinajstić information content (AvgIpc) is 3.50. The molecule has 0 unspecified atom stereocenters. The predicted octanol–water partition coefficient (Wildman–Crippen LogP) is 5.06. The number of para-hydroxylation sites is 1. The van der Waals surface area contributed by atoms with Crippen LogP contribution in [0.2, 0.25) is 0 Å². The van der Waals surface area contributed by atoms with Crippen molar-refractivity contribution in [2.45, 2.75) is 18.9 Å². The quantitative estimate of drug-likeness (QED) is 0.471. The second-order valence-corrected chi connectivity index (χ2v) is 8.95. The Labute approximate surface area is 190 Å². The summed E-state index contributed by atoms with van der Waals surface area (Å²) in [6.45, 7) is 0.682. The zero-order valence-corrected chi connectivity index (χ0v) is 18.3. The number of benzene rings is 3. The van der Waals surface area contributed by atoms with Crippen LogP contribution in [0.5, 0.6) is 0 Å². The minimum absolute atomic E-state index is 0.0121. The van der Waals surface area contributed by atoms with E-state index in [0.717, 1.165) is 39.2 Å². The first-order valence-electron chi connectivity index (χ1n) is 10.8. The van der Waals surface area contributed by atoms with E-state index in [2.05, 4.69) is 11.4 Å². The van der Waals surface area contributed by atoms with Crippen LogP contribution < -0.4 is 5.32 Å². The van der Waals surface area contributed by atoms with Crippen molar-refractivity contribution in [3.63, 3.8) is 0 Å². The predicted molar refractivity (Wildman–Crippen MR) is 128 cm³/mol. The van der Waals surface area contributed by atoms with E-state index in [1.54, 1.807) is 23.5 Å². The Morgan fingerprint density at radius 1 is 0.938 bits per heavy atom. The van der Waals surface area contributed by atoms with Gasteiger partial charge in [-0.15, -0.1) is 11.3 Å². The summed E-state index contributed by atoms with van der Waals surface area (Å²) < 4.78 is 1.13. The molecule has 6 heteroatoms. The molecule has 4 aromatic rings. The van der Waals surface area contributed by atoms with Gasteiger partial charge in [0.1, 0.15) is 5.01 Å². The molecule has 2 heterocycles. The summed E-state index contributed by atoms with van der Waals surface area (Å²) in [5, 5.41) is 3.76. The highest BCUT2D eigenvalue weighted by Crippen LogP contribution is 2.36. The van der Waals surface area contributed by atoms with Crippen LogP contribution in [0, 0.1) is 0 Å². The molecule has 1 saturated heterocycles. The molecule has 1 fully saturated rings. The second kappa shape index (κ2) is 8.93. The average molecular weight is 442 g/mol. The van der Waals surface area contributed by atoms with E-state index < -0.39 is 0 Å². The molecule has 5 rings (SSSR count). The van der Waals surface area contributed by atoms with E-state index >= 15 is 0 Å². The normalized spacial score (nSPS) is 15.8. The first kappa shape index (κ1) is 20.4. The molecule has 160 valence electrons. The molecule has 2 amide bonds. The first-order chi connectivity index (χ1) is 15.7. The van der Waals surface area contributed by atoms with Crippen LogP contribution in [0.25, 0.3) is 21.3 Å². The second-order valence-electron chi connectivity index (χ2n) is 7.89. The van der Waals surface area contributed by atoms with E-state index in [1.165, 1.54) is 0 Å². The van der Waals surface area contributed by atoms with Gasteiger partial charge in [0.25, 0.3) is 5.91 Å². The van der Waals surface area contributed by atoms with Crippen molar-refractivity contribution >= 4 is 33.4 Å². The molecule has 0 bridgehead atoms. The lowest BCUT2D eigenvalue weighted by molar-refractivity contribution is -0.131. The number of amides is 2. The molecule has 5 nitrogen and oxygen atoms in total. The van der Waals surface area contributed by atoms with Gasteiger partial charge in [-0.05, 0) is 48.2 Å². The Balaban J connectivity index is 1.22. The number of hydrogen-bond acceptors (Lipinski definition) is 4. The molecule has 1 aromatic heterocycles. The van der Waals surface area contributed by atoms with Gasteiger partial charge in [-0.1, -0.05) is 54.6 Å². The number of rotatable bonds is 5. The largest absolute Gasteiger partial charge is 0.343 e. The van der Waals surface area contributed by atoms with Crippen LogP contribution in [0.15, 0.2) is 78.9 Å². The van der Waals surface area contributed by atoms with Gasteiger partial charge in [-0.25, -0.2) is 4.98 Å². The Morgan fingerprint density at radius 2 is 1.66 bits per heavy atom. The fourth-order valence-corrected chi connectivity index (χ4v) is 5.27. The number of hydrogen-bond donors (Lipinski definition) is 1. The molecule has 32 heavy (non-hydrogen) atoms. The van der Waals surface area contributed by atoms with Gasteiger partial charge in [0.05, 0.1) is 22.8 Å². The maximum Gasteiger partial charge on any atom is 0.251 e. The highest BCUT2D eigenvalue weighted by atomic mass is 32.1. The Hall–Kier alpha value is -3.51. The van der Waals surface area contributed by atoms with Crippen molar-refractivity contribution < 1.29 is 9.59 Å². The Bertz CT molecular complexity index is 1220. The number of fused-ring (bicyclic) bond motifs is 1. The summed E-state index contributed by atoms with van der Waals surface area (Å²) in [5.41, 5.74) is 3.67. The summed E-state index contributed by atoms with van der Waals surface area (Å²) in [6.07, 6.45) is 1.85. The van der Waals surface area contributed by atoms with Gasteiger partial charge in [-0.2, -0.15) is 0 Å². The van der Waals surface area contributed by atoms with E-state index in [0.29, 0.717) is 12.1 Å². The summed E-state index contributed by atoms with van der Waals surface area (Å²) in [4.78, 5) is 32.1. The van der Waals surface area contributed by atoms with Crippen molar-refractivity contribution in [1.29, 1.82) is 0 Å². The van der Waals surface area contributed by atoms with Crippen LogP contribution in [0.1, 0.15) is 34.2 Å². The maximum atomic E-state index is 12.9. The molecule has 1 N–H and O–H groups in total. The van der Waals surface area contributed by atoms with Gasteiger partial charge < -0.3 is 10.2 Å². The van der Waals surface area contributed by atoms with Crippen LogP contribution in [-0.4, -0.2) is 34.8 Å². The topological polar surface area (TPSA) is 62.3 Å². The molecular weight excluding hydrogens is 418 g/mol. The number of nitrogens with one attached hydrogen (secondary N) is 1. The SMILES string of the molecule is O=C(NCC(=O)N1CCC[C@H]1c1nc2ccccc2s1)c1ccc(-c2ccccc2)cc1. The maximum absolute atomic E-state index is 12.9. The van der Waals surface area contributed by atoms with Gasteiger partial charge in [0, 0.05) is 12.1 Å². The third kappa shape index (κ3) is 4.14. The minimum atomic E-state index is -0.242. The lowest BCUT2D eigenvalue weighted by Gasteiger charge is -2.23. The molecule has 3 aromatic carbocycles. The summed E-state index contributed by atoms with van der Waals surface area (Å²) in [6, 6.07) is 25.5. The highest BCUT2D eigenvalue weighted by molar-refractivity contribution is 7.18. The number of aromatic nitrogens is 1. The smallest absolute Gasteiger partial charge is 0.251 e. The molecule has 1 atom stereocenters. The van der Waals surface area contributed by atoms with Gasteiger partial charge in [0.2, 0.25) is 5.91 Å². The molecule has 1 aliphatic rings. The minimum Gasteiger partial charge on any atom is -0.343 e. The lowest BCUT2D eigenvalue weighted by atomic mass is 10.0. The summed E-state index contributed by atoms with van der Waals surface area (Å²) in [5.74, 6) is -0.310. The monoisotopic (exact) mass is 441 g/mol. The van der Waals surface area contributed by atoms with Crippen LogP contribution in [-0.2, 0) is 4.79 Å². The number of thiazole rings is 1. The van der Waals surface area contributed by atoms with Gasteiger partial charge in [-0.3, -0.25) is 9.59 Å². The van der Waals surface area contributed by atoms with E-state index in [9.17, 15) is 9.59 Å². The van der Waals surface area contributed by atoms with E-state index in [1.807, 2.05) is 65.6 Å². The fraction of sp³-hybridized carbons (Fsp3) is 0.192. The summed E-state index contributed by atoms with van der Waals surface area (Å²) in [7, 11) is 0. The van der Waals surface area contributed by atoms with Gasteiger partial charge in [0.15, 0.2) is 0 Å². The van der Waals surface area contributed by atoms with Crippen molar-refractivity contribution in [3.8, 4) is 11.1 Å². The van der Waals surface area contributed by atoms with Crippen molar-refractivity contribution in [2.24, 2.45) is 0 Å². The fourth-order valence-electron chi connectivity index (χ4n) is 4.16. The number of nitrogens with zero attached hydrogens (tertiary/aromatic N) is 2. The lowest BCUT2D eigenvalue weighted by Crippen LogP contribution is -2.39. The number of likely N-dealkylation sites (tertiary alicyclic amines) is 1. The zero-order chi connectivity index (χ0) is 21.9. The van der Waals surface area contributed by atoms with Crippen LogP contribution in [0.4, 0.5) is 0 Å². The Kier molecular flexibility index (Phi) is 5.69. The third-order valence-corrected chi connectivity index (χ3v) is 6.96. The number of carbonyl (C=O) groups is 2. The standard InChI is InChI=1S/C26H23N3O2S/c30-24(29-16-6-10-22(29)26-28-21-9-4-5-11-23(21)32-26)17-27-25(31)20-14-12-19(13-15-20)18-7-2-1-3-8-18/h1-5,7-9,11-15,22H,6,10,16-17H2,(H,27,31)/t22-/m0/s1. The number of carbonyl (C=O) groups excluding carboxylic acids is 2. The van der Waals surface area contributed by atoms with Crippen LogP contribution >= 0.6 is 11.3 Å². The highest BCUT2D eigenvalue weighted by Gasteiger charge is 2.32. The molecule has 0 radical (unpaired) electrons. The molecule has 0 spiro atoms. The molecule has 0 aliphatic carbocycles. The van der Waals surface area contributed by atoms with Gasteiger partial charge >= 0.3 is 0 Å². The van der Waals surface area contributed by atoms with Crippen molar-refractivity contribution in [1.82, 2.24) is 15.2 Å². The first-order valence-corrected chi connectivity index (χ1v) is 11.6. The third-order valence-electron chi connectivity index (χ3n) is 5.82. The van der Waals surface area contributed by atoms with E-state index in [4.69, 9.17) is 4.98 Å².